The molecule has 1 aromatic rings. The Labute approximate surface area is 175 Å². The summed E-state index contributed by atoms with van der Waals surface area (Å²) in [4.78, 5) is 4.28. The quantitative estimate of drug-likeness (QED) is 0.238. The zero-order chi connectivity index (χ0) is 17.8. The van der Waals surface area contributed by atoms with Gasteiger partial charge in [0, 0.05) is 20.1 Å². The summed E-state index contributed by atoms with van der Waals surface area (Å²) in [6, 6.07) is 8.49. The number of hydrogen-bond acceptors (Lipinski definition) is 3. The number of nitrogens with one attached hydrogen (secondary N) is 2. The zero-order valence-electron chi connectivity index (χ0n) is 16.2. The number of nitrogens with zero attached hydrogens (tertiary/aromatic N) is 1. The van der Waals surface area contributed by atoms with E-state index in [0.717, 1.165) is 19.0 Å². The fraction of sp³-hybridized carbons (Fsp3) is 0.632. The molecular weight excluding hydrogens is 445 g/mol. The molecule has 0 spiro atoms. The van der Waals surface area contributed by atoms with Gasteiger partial charge in [-0.05, 0) is 56.7 Å². The Morgan fingerprint density at radius 3 is 2.52 bits per heavy atom. The first kappa shape index (κ1) is 24.5. The van der Waals surface area contributed by atoms with E-state index in [0.29, 0.717) is 6.61 Å². The van der Waals surface area contributed by atoms with Gasteiger partial charge < -0.3 is 15.4 Å². The highest BCUT2D eigenvalue weighted by molar-refractivity contribution is 14.0. The summed E-state index contributed by atoms with van der Waals surface area (Å²) >= 11 is 1.90. The summed E-state index contributed by atoms with van der Waals surface area (Å²) in [5.41, 5.74) is 2.32. The number of unbranched alkanes of at least 4 members (excludes halogenated alkanes) is 1. The highest BCUT2D eigenvalue weighted by Crippen LogP contribution is 2.13. The van der Waals surface area contributed by atoms with E-state index in [4.69, 9.17) is 4.74 Å². The molecule has 0 aliphatic carbocycles. The van der Waals surface area contributed by atoms with Crippen LogP contribution < -0.4 is 10.6 Å². The largest absolute Gasteiger partial charge is 0.371 e. The first-order valence-electron chi connectivity index (χ1n) is 8.60. The molecular formula is C19H34IN3OS. The predicted molar refractivity (Wildman–Crippen MR) is 122 cm³/mol. The van der Waals surface area contributed by atoms with Gasteiger partial charge in [-0.3, -0.25) is 4.99 Å². The Balaban J connectivity index is 0.00000576. The smallest absolute Gasteiger partial charge is 0.191 e. The van der Waals surface area contributed by atoms with Crippen molar-refractivity contribution in [1.29, 1.82) is 0 Å². The first-order chi connectivity index (χ1) is 11.4. The van der Waals surface area contributed by atoms with Crippen LogP contribution in [0, 0.1) is 0 Å². The number of guanidine groups is 1. The van der Waals surface area contributed by atoms with Crippen LogP contribution in [0.5, 0.6) is 0 Å². The molecule has 2 N–H and O–H groups in total. The van der Waals surface area contributed by atoms with Crippen molar-refractivity contribution >= 4 is 41.7 Å². The van der Waals surface area contributed by atoms with Crippen LogP contribution in [0.1, 0.15) is 44.7 Å². The molecule has 0 aliphatic rings. The van der Waals surface area contributed by atoms with Crippen LogP contribution in [0.4, 0.5) is 0 Å². The fourth-order valence-electron chi connectivity index (χ4n) is 2.11. The fourth-order valence-corrected chi connectivity index (χ4v) is 2.61. The van der Waals surface area contributed by atoms with Crippen molar-refractivity contribution in [3.05, 3.63) is 35.4 Å². The maximum atomic E-state index is 5.84. The third-order valence-electron chi connectivity index (χ3n) is 3.41. The summed E-state index contributed by atoms with van der Waals surface area (Å²) in [7, 11) is 1.81. The molecule has 0 saturated heterocycles. The van der Waals surface area contributed by atoms with Crippen molar-refractivity contribution < 1.29 is 4.74 Å². The van der Waals surface area contributed by atoms with E-state index in [-0.39, 0.29) is 29.6 Å². The molecule has 0 saturated carbocycles. The Morgan fingerprint density at radius 2 is 1.88 bits per heavy atom. The monoisotopic (exact) mass is 479 g/mol. The molecule has 0 aliphatic heterocycles. The van der Waals surface area contributed by atoms with Crippen molar-refractivity contribution in [1.82, 2.24) is 10.6 Å². The Bertz CT molecular complexity index is 504. The van der Waals surface area contributed by atoms with Crippen LogP contribution in [0.15, 0.2) is 29.3 Å². The summed E-state index contributed by atoms with van der Waals surface area (Å²) in [6.07, 6.45) is 4.55. The number of ether oxygens (including phenoxy) is 1. The van der Waals surface area contributed by atoms with E-state index in [1.807, 2.05) is 18.8 Å². The first-order valence-corrected chi connectivity index (χ1v) is 9.99. The SMILES string of the molecule is CN=C(NCCCCSC)NCc1cccc(COC(C)(C)C)c1.I. The van der Waals surface area contributed by atoms with E-state index in [9.17, 15) is 0 Å². The third kappa shape index (κ3) is 12.5. The van der Waals surface area contributed by atoms with E-state index >= 15 is 0 Å². The molecule has 0 radical (unpaired) electrons. The lowest BCUT2D eigenvalue weighted by Gasteiger charge is -2.19. The zero-order valence-corrected chi connectivity index (χ0v) is 19.4. The molecule has 0 atom stereocenters. The third-order valence-corrected chi connectivity index (χ3v) is 4.11. The van der Waals surface area contributed by atoms with E-state index in [1.54, 1.807) is 0 Å². The average Bonchev–Trinajstić information content (AvgIpc) is 2.55. The molecule has 0 aromatic heterocycles. The molecule has 0 bridgehead atoms. The Morgan fingerprint density at radius 1 is 1.16 bits per heavy atom. The molecule has 0 amide bonds. The van der Waals surface area contributed by atoms with Gasteiger partial charge in [-0.25, -0.2) is 0 Å². The molecule has 0 heterocycles. The normalized spacial score (nSPS) is 11.8. The van der Waals surface area contributed by atoms with E-state index in [1.165, 1.54) is 29.7 Å². The second-order valence-corrected chi connectivity index (χ2v) is 7.76. The van der Waals surface area contributed by atoms with Crippen LogP contribution >= 0.6 is 35.7 Å². The van der Waals surface area contributed by atoms with Gasteiger partial charge in [-0.1, -0.05) is 24.3 Å². The topological polar surface area (TPSA) is 45.7 Å². The van der Waals surface area contributed by atoms with Gasteiger partial charge in [-0.15, -0.1) is 24.0 Å². The number of rotatable bonds is 9. The van der Waals surface area contributed by atoms with Gasteiger partial charge in [0.05, 0.1) is 12.2 Å². The lowest BCUT2D eigenvalue weighted by Crippen LogP contribution is -2.37. The summed E-state index contributed by atoms with van der Waals surface area (Å²) in [5.74, 6) is 2.08. The van der Waals surface area contributed by atoms with Crippen LogP contribution in [-0.4, -0.2) is 37.2 Å². The van der Waals surface area contributed by atoms with Crippen LogP contribution in [0.2, 0.25) is 0 Å². The molecule has 0 fully saturated rings. The molecule has 25 heavy (non-hydrogen) atoms. The summed E-state index contributed by atoms with van der Waals surface area (Å²) in [5, 5.41) is 6.73. The lowest BCUT2D eigenvalue weighted by molar-refractivity contribution is -0.0149. The minimum Gasteiger partial charge on any atom is -0.371 e. The van der Waals surface area contributed by atoms with Crippen molar-refractivity contribution in [3.8, 4) is 0 Å². The van der Waals surface area contributed by atoms with Gasteiger partial charge in [0.1, 0.15) is 0 Å². The second kappa shape index (κ2) is 13.7. The van der Waals surface area contributed by atoms with Crippen molar-refractivity contribution in [2.24, 2.45) is 4.99 Å². The highest BCUT2D eigenvalue weighted by Gasteiger charge is 2.10. The van der Waals surface area contributed by atoms with Crippen molar-refractivity contribution in [2.75, 3.05) is 25.6 Å². The molecule has 0 unspecified atom stereocenters. The van der Waals surface area contributed by atoms with Gasteiger partial charge in [-0.2, -0.15) is 11.8 Å². The Kier molecular flexibility index (Phi) is 13.4. The second-order valence-electron chi connectivity index (χ2n) is 6.77. The number of halogens is 1. The number of aliphatic imine (C=N–C) groups is 1. The summed E-state index contributed by atoms with van der Waals surface area (Å²) < 4.78 is 5.84. The van der Waals surface area contributed by atoms with E-state index in [2.05, 4.69) is 66.9 Å². The maximum Gasteiger partial charge on any atom is 0.191 e. The standard InChI is InChI=1S/C19H33N3OS.HI/c1-19(2,3)23-15-17-10-8-9-16(13-17)14-22-18(20-4)21-11-6-7-12-24-5;/h8-10,13H,6-7,11-12,14-15H2,1-5H3,(H2,20,21,22);1H. The van der Waals surface area contributed by atoms with Gasteiger partial charge in [0.2, 0.25) is 0 Å². The van der Waals surface area contributed by atoms with Gasteiger partial charge in [0.15, 0.2) is 5.96 Å². The van der Waals surface area contributed by atoms with E-state index < -0.39 is 0 Å². The average molecular weight is 479 g/mol. The number of thioether (sulfide) groups is 1. The van der Waals surface area contributed by atoms with Crippen LogP contribution in [0.25, 0.3) is 0 Å². The highest BCUT2D eigenvalue weighted by atomic mass is 127. The number of hydrogen-bond donors (Lipinski definition) is 2. The van der Waals surface area contributed by atoms with Crippen molar-refractivity contribution in [2.45, 2.75) is 52.4 Å². The summed E-state index contributed by atoms with van der Waals surface area (Å²) in [6.45, 7) is 8.58. The minimum absolute atomic E-state index is 0. The molecule has 4 nitrogen and oxygen atoms in total. The van der Waals surface area contributed by atoms with Crippen LogP contribution in [0.3, 0.4) is 0 Å². The maximum absolute atomic E-state index is 5.84. The molecule has 1 aromatic carbocycles. The lowest BCUT2D eigenvalue weighted by atomic mass is 10.1. The Hall–Kier alpha value is -0.470. The van der Waals surface area contributed by atoms with Gasteiger partial charge in [0.25, 0.3) is 0 Å². The van der Waals surface area contributed by atoms with Crippen LogP contribution in [-0.2, 0) is 17.9 Å². The molecule has 1 rings (SSSR count). The van der Waals surface area contributed by atoms with Crippen molar-refractivity contribution in [3.63, 3.8) is 0 Å². The predicted octanol–water partition coefficient (Wildman–Crippen LogP) is 4.43. The number of benzene rings is 1. The minimum atomic E-state index is -0.115. The molecule has 6 heteroatoms. The molecule has 144 valence electrons. The van der Waals surface area contributed by atoms with Gasteiger partial charge >= 0.3 is 0 Å².